The fraction of sp³-hybridized carbons (Fsp3) is 0.516. The minimum absolute atomic E-state index is 0.316. The minimum atomic E-state index is -0.375. The number of unbranched alkanes of at least 4 members (excludes halogenated alkanes) is 1. The van der Waals surface area contributed by atoms with Crippen LogP contribution in [0.25, 0.3) is 5.57 Å². The van der Waals surface area contributed by atoms with Crippen molar-refractivity contribution in [1.29, 1.82) is 0 Å². The zero-order chi connectivity index (χ0) is 28.3. The molecule has 1 heterocycles. The van der Waals surface area contributed by atoms with E-state index in [1.807, 2.05) is 64.2 Å². The first kappa shape index (κ1) is 30.3. The Hall–Kier alpha value is -3.23. The van der Waals surface area contributed by atoms with Crippen molar-refractivity contribution in [3.05, 3.63) is 60.1 Å². The first-order valence-electron chi connectivity index (χ1n) is 14.3. The molecule has 0 bridgehead atoms. The molecular weight excluding hydrogens is 488 g/mol. The molecule has 3 rings (SSSR count). The number of rotatable bonds is 11. The molecule has 8 nitrogen and oxygen atoms in total. The van der Waals surface area contributed by atoms with Crippen LogP contribution >= 0.6 is 0 Å². The minimum Gasteiger partial charge on any atom is -0.332 e. The van der Waals surface area contributed by atoms with Crippen LogP contribution in [0.15, 0.2) is 53.8 Å². The molecular formula is C31H46N6O2. The summed E-state index contributed by atoms with van der Waals surface area (Å²) in [5, 5.41) is 17.7. The number of nitrogens with one attached hydrogen (secondary N) is 3. The van der Waals surface area contributed by atoms with Crippen LogP contribution in [0.3, 0.4) is 0 Å². The van der Waals surface area contributed by atoms with Crippen LogP contribution in [0.2, 0.25) is 0 Å². The van der Waals surface area contributed by atoms with Crippen molar-refractivity contribution < 1.29 is 10.0 Å². The lowest BCUT2D eigenvalue weighted by molar-refractivity contribution is 0.173. The van der Waals surface area contributed by atoms with E-state index in [1.54, 1.807) is 12.3 Å². The van der Waals surface area contributed by atoms with Crippen molar-refractivity contribution in [2.75, 3.05) is 10.5 Å². The maximum Gasteiger partial charge on any atom is 0.319 e. The number of urea groups is 1. The Bertz CT molecular complexity index is 1120. The molecule has 0 radical (unpaired) electrons. The Balaban J connectivity index is 1.84. The van der Waals surface area contributed by atoms with Gasteiger partial charge in [0.2, 0.25) is 0 Å². The van der Waals surface area contributed by atoms with E-state index in [2.05, 4.69) is 28.0 Å². The lowest BCUT2D eigenvalue weighted by Gasteiger charge is -2.29. The Morgan fingerprint density at radius 1 is 1.18 bits per heavy atom. The maximum absolute atomic E-state index is 12.6. The van der Waals surface area contributed by atoms with Gasteiger partial charge in [-0.1, -0.05) is 44.7 Å². The number of amides is 2. The molecule has 0 saturated heterocycles. The summed E-state index contributed by atoms with van der Waals surface area (Å²) in [5.74, 6) is 0.571. The molecule has 2 aromatic rings. The van der Waals surface area contributed by atoms with Crippen LogP contribution in [0.1, 0.15) is 97.2 Å². The molecule has 0 atom stereocenters. The fourth-order valence-electron chi connectivity index (χ4n) is 4.76. The summed E-state index contributed by atoms with van der Waals surface area (Å²) in [6.07, 6.45) is 13.3. The highest BCUT2D eigenvalue weighted by molar-refractivity contribution is 5.91. The number of hydrogen-bond donors (Lipinski definition) is 4. The second-order valence-electron chi connectivity index (χ2n) is 11.4. The van der Waals surface area contributed by atoms with Crippen molar-refractivity contribution in [2.24, 2.45) is 10.9 Å². The lowest BCUT2D eigenvalue weighted by atomic mass is 9.84. The molecule has 1 fully saturated rings. The number of anilines is 2. The van der Waals surface area contributed by atoms with Gasteiger partial charge in [-0.25, -0.2) is 10.2 Å². The van der Waals surface area contributed by atoms with Gasteiger partial charge < -0.3 is 10.6 Å². The Labute approximate surface area is 233 Å². The van der Waals surface area contributed by atoms with E-state index in [-0.39, 0.29) is 11.6 Å². The fourth-order valence-corrected chi connectivity index (χ4v) is 4.76. The highest BCUT2D eigenvalue weighted by Gasteiger charge is 2.20. The van der Waals surface area contributed by atoms with E-state index >= 15 is 0 Å². The van der Waals surface area contributed by atoms with Gasteiger partial charge >= 0.3 is 6.03 Å². The molecule has 1 aromatic carbocycles. The summed E-state index contributed by atoms with van der Waals surface area (Å²) in [4.78, 5) is 21.8. The van der Waals surface area contributed by atoms with E-state index < -0.39 is 0 Å². The molecule has 8 heteroatoms. The van der Waals surface area contributed by atoms with Gasteiger partial charge in [0, 0.05) is 34.9 Å². The van der Waals surface area contributed by atoms with Gasteiger partial charge in [0.15, 0.2) is 0 Å². The molecule has 1 aromatic heterocycles. The Morgan fingerprint density at radius 2 is 1.95 bits per heavy atom. The number of hydrazine groups is 1. The van der Waals surface area contributed by atoms with Crippen LogP contribution in [0, 0.1) is 5.92 Å². The summed E-state index contributed by atoms with van der Waals surface area (Å²) >= 11 is 0. The van der Waals surface area contributed by atoms with Crippen LogP contribution in [0.5, 0.6) is 0 Å². The van der Waals surface area contributed by atoms with Crippen molar-refractivity contribution >= 4 is 28.7 Å². The van der Waals surface area contributed by atoms with Crippen molar-refractivity contribution in [3.8, 4) is 0 Å². The first-order chi connectivity index (χ1) is 18.7. The van der Waals surface area contributed by atoms with Gasteiger partial charge in [-0.3, -0.25) is 15.2 Å². The maximum atomic E-state index is 12.6. The molecule has 1 aliphatic rings. The number of allylic oxidation sites excluding steroid dienone is 1. The Morgan fingerprint density at radius 3 is 2.62 bits per heavy atom. The zero-order valence-electron chi connectivity index (χ0n) is 24.3. The predicted molar refractivity (Wildman–Crippen MR) is 161 cm³/mol. The van der Waals surface area contributed by atoms with Crippen LogP contribution in [-0.2, 0) is 6.54 Å². The molecule has 2 amide bonds. The van der Waals surface area contributed by atoms with Gasteiger partial charge in [0.05, 0.1) is 17.9 Å². The third-order valence-electron chi connectivity index (χ3n) is 6.79. The molecule has 1 saturated carbocycles. The summed E-state index contributed by atoms with van der Waals surface area (Å²) in [6, 6.07) is 10.7. The zero-order valence-corrected chi connectivity index (χ0v) is 24.3. The van der Waals surface area contributed by atoms with E-state index in [9.17, 15) is 10.0 Å². The number of carbonyl (C=O) groups is 1. The SMILES string of the molecule is CCCCC(=N/C=C(\C)c1ccc(NC(=O)NCc2ccccn2)cc1N(O)NC(C)(C)C)C1CCCCC1. The monoisotopic (exact) mass is 534 g/mol. The highest BCUT2D eigenvalue weighted by Crippen LogP contribution is 2.31. The second kappa shape index (κ2) is 14.8. The molecule has 0 unspecified atom stereocenters. The van der Waals surface area contributed by atoms with Gasteiger partial charge in [-0.2, -0.15) is 5.17 Å². The van der Waals surface area contributed by atoms with Crippen molar-refractivity contribution in [1.82, 2.24) is 15.7 Å². The number of pyridine rings is 1. The lowest BCUT2D eigenvalue weighted by Crippen LogP contribution is -2.48. The molecule has 0 spiro atoms. The topological polar surface area (TPSA) is 102 Å². The summed E-state index contributed by atoms with van der Waals surface area (Å²) in [6.45, 7) is 10.5. The standard InChI is InChI=1S/C31H46N6O2/c1-6-7-16-28(24-13-9-8-10-14-24)33-21-23(2)27-18-17-25(20-29(27)37(39)36-31(3,4)5)35-30(38)34-22-26-15-11-12-19-32-26/h11-12,15,17-21,24,36,39H,6-10,13-14,16,22H2,1-5H3,(H2,34,35,38)/b23-21+,33-28?. The van der Waals surface area contributed by atoms with E-state index in [0.717, 1.165) is 41.3 Å². The van der Waals surface area contributed by atoms with Crippen molar-refractivity contribution in [3.63, 3.8) is 0 Å². The summed E-state index contributed by atoms with van der Waals surface area (Å²) in [7, 11) is 0. The van der Waals surface area contributed by atoms with E-state index in [1.165, 1.54) is 37.8 Å². The van der Waals surface area contributed by atoms with Crippen LogP contribution < -0.4 is 21.2 Å². The molecule has 0 aliphatic heterocycles. The van der Waals surface area contributed by atoms with Gasteiger partial charge in [0.25, 0.3) is 0 Å². The van der Waals surface area contributed by atoms with Crippen LogP contribution in [0.4, 0.5) is 16.2 Å². The average Bonchev–Trinajstić information content (AvgIpc) is 2.92. The van der Waals surface area contributed by atoms with Crippen LogP contribution in [-0.4, -0.2) is 27.5 Å². The number of carbonyl (C=O) groups excluding carboxylic acids is 1. The summed E-state index contributed by atoms with van der Waals surface area (Å²) < 4.78 is 0. The van der Waals surface area contributed by atoms with Crippen molar-refractivity contribution in [2.45, 2.75) is 98.1 Å². The average molecular weight is 535 g/mol. The molecule has 39 heavy (non-hydrogen) atoms. The quantitative estimate of drug-likeness (QED) is 0.177. The number of aliphatic imine (C=N–C) groups is 1. The highest BCUT2D eigenvalue weighted by atomic mass is 16.5. The normalized spacial score (nSPS) is 15.2. The number of hydrogen-bond acceptors (Lipinski definition) is 6. The predicted octanol–water partition coefficient (Wildman–Crippen LogP) is 7.47. The second-order valence-corrected chi connectivity index (χ2v) is 11.4. The van der Waals surface area contributed by atoms with Gasteiger partial charge in [-0.05, 0) is 89.1 Å². The molecule has 212 valence electrons. The third-order valence-corrected chi connectivity index (χ3v) is 6.79. The smallest absolute Gasteiger partial charge is 0.319 e. The number of aromatic nitrogens is 1. The first-order valence-corrected chi connectivity index (χ1v) is 14.3. The Kier molecular flexibility index (Phi) is 11.5. The number of nitrogens with zero attached hydrogens (tertiary/aromatic N) is 3. The van der Waals surface area contributed by atoms with E-state index in [0.29, 0.717) is 23.8 Å². The van der Waals surface area contributed by atoms with Gasteiger partial charge in [0.1, 0.15) is 0 Å². The number of benzene rings is 1. The van der Waals surface area contributed by atoms with E-state index in [4.69, 9.17) is 4.99 Å². The molecule has 4 N–H and O–H groups in total. The van der Waals surface area contributed by atoms with Gasteiger partial charge in [-0.15, -0.1) is 0 Å². The summed E-state index contributed by atoms with van der Waals surface area (Å²) in [5.41, 5.74) is 7.65. The largest absolute Gasteiger partial charge is 0.332 e. The third kappa shape index (κ3) is 10.1. The molecule has 1 aliphatic carbocycles.